The Labute approximate surface area is 172 Å². The van der Waals surface area contributed by atoms with Crippen molar-refractivity contribution in [1.29, 1.82) is 0 Å². The minimum atomic E-state index is -2.22. The van der Waals surface area contributed by atoms with Crippen molar-refractivity contribution in [3.63, 3.8) is 0 Å². The first-order chi connectivity index (χ1) is 12.6. The highest BCUT2D eigenvalue weighted by atomic mass is 28.4. The molecule has 0 bridgehead atoms. The minimum absolute atomic E-state index is 0.130. The fourth-order valence-corrected chi connectivity index (χ4v) is 10.7. The molecule has 2 aliphatic rings. The number of rotatable bonds is 6. The molecule has 1 saturated carbocycles. The molecule has 1 aliphatic heterocycles. The van der Waals surface area contributed by atoms with Gasteiger partial charge in [0, 0.05) is 0 Å². The average molecular weight is 412 g/mol. The molecule has 162 valence electrons. The van der Waals surface area contributed by atoms with Crippen LogP contribution in [0, 0.1) is 11.3 Å². The van der Waals surface area contributed by atoms with Gasteiger partial charge in [-0.05, 0) is 55.1 Å². The predicted octanol–water partition coefficient (Wildman–Crippen LogP) is 5.74. The highest BCUT2D eigenvalue weighted by Crippen LogP contribution is 2.58. The van der Waals surface area contributed by atoms with Crippen LogP contribution in [0.15, 0.2) is 0 Å². The van der Waals surface area contributed by atoms with Crippen LogP contribution in [-0.2, 0) is 14.0 Å². The third-order valence-corrected chi connectivity index (χ3v) is 12.8. The molecule has 0 aromatic rings. The van der Waals surface area contributed by atoms with Gasteiger partial charge in [0.15, 0.2) is 0 Å². The van der Waals surface area contributed by atoms with Crippen LogP contribution in [0.25, 0.3) is 0 Å². The maximum absolute atomic E-state index is 13.1. The van der Waals surface area contributed by atoms with E-state index in [1.165, 1.54) is 4.90 Å². The van der Waals surface area contributed by atoms with Crippen molar-refractivity contribution in [2.45, 2.75) is 117 Å². The van der Waals surface area contributed by atoms with Gasteiger partial charge in [-0.15, -0.1) is 0 Å². The van der Waals surface area contributed by atoms with E-state index >= 15 is 0 Å². The van der Waals surface area contributed by atoms with E-state index < -0.39 is 26.1 Å². The number of hydrogen-bond donors (Lipinski definition) is 0. The zero-order valence-electron chi connectivity index (χ0n) is 19.8. The topological polar surface area (TPSA) is 55.8 Å². The van der Waals surface area contributed by atoms with Gasteiger partial charge in [-0.2, -0.15) is 0 Å². The maximum Gasteiger partial charge on any atom is 0.417 e. The molecule has 6 heteroatoms. The van der Waals surface area contributed by atoms with Gasteiger partial charge in [-0.25, -0.2) is 9.69 Å². The molecule has 2 fully saturated rings. The summed E-state index contributed by atoms with van der Waals surface area (Å²) in [5.41, 5.74) is 0.681. The monoisotopic (exact) mass is 411 g/mol. The molecule has 0 spiro atoms. The first-order valence-electron chi connectivity index (χ1n) is 10.8. The normalized spacial score (nSPS) is 27.4. The SMILES string of the molecule is CC(C)[Si](O[C@H]1C(=O)N(C(=O)OC(C)(C)C)[C@H]1[C@H]1CC1(C)C)(C(C)C)C(C)C. The molecule has 3 atom stereocenters. The number of ether oxygens (including phenoxy) is 1. The molecule has 0 radical (unpaired) electrons. The number of likely N-dealkylation sites (tertiary alicyclic amines) is 1. The Morgan fingerprint density at radius 1 is 1.07 bits per heavy atom. The van der Waals surface area contributed by atoms with Crippen LogP contribution >= 0.6 is 0 Å². The Kier molecular flexibility index (Phi) is 6.20. The Morgan fingerprint density at radius 2 is 1.50 bits per heavy atom. The first kappa shape index (κ1) is 23.4. The summed E-state index contributed by atoms with van der Waals surface area (Å²) in [6, 6.07) is -0.208. The molecular weight excluding hydrogens is 370 g/mol. The summed E-state index contributed by atoms with van der Waals surface area (Å²) in [7, 11) is -2.22. The highest BCUT2D eigenvalue weighted by molar-refractivity contribution is 6.77. The van der Waals surface area contributed by atoms with Crippen molar-refractivity contribution in [1.82, 2.24) is 4.90 Å². The van der Waals surface area contributed by atoms with Crippen LogP contribution < -0.4 is 0 Å². The molecule has 28 heavy (non-hydrogen) atoms. The molecule has 1 heterocycles. The lowest BCUT2D eigenvalue weighted by atomic mass is 9.90. The summed E-state index contributed by atoms with van der Waals surface area (Å²) >= 11 is 0. The molecular formula is C22H41NO4Si. The van der Waals surface area contributed by atoms with Crippen molar-refractivity contribution < 1.29 is 18.8 Å². The Balaban J connectivity index is 2.33. The zero-order valence-corrected chi connectivity index (χ0v) is 20.8. The average Bonchev–Trinajstić information content (AvgIpc) is 3.09. The maximum atomic E-state index is 13.1. The molecule has 2 rings (SSSR count). The van der Waals surface area contributed by atoms with E-state index in [2.05, 4.69) is 55.4 Å². The van der Waals surface area contributed by atoms with Gasteiger partial charge in [0.2, 0.25) is 8.32 Å². The third-order valence-electron chi connectivity index (χ3n) is 6.72. The van der Waals surface area contributed by atoms with Crippen LogP contribution in [0.5, 0.6) is 0 Å². The lowest BCUT2D eigenvalue weighted by molar-refractivity contribution is -0.164. The molecule has 0 aromatic carbocycles. The predicted molar refractivity (Wildman–Crippen MR) is 115 cm³/mol. The van der Waals surface area contributed by atoms with Crippen molar-refractivity contribution in [2.24, 2.45) is 11.3 Å². The van der Waals surface area contributed by atoms with Gasteiger partial charge in [-0.1, -0.05) is 55.4 Å². The summed E-state index contributed by atoms with van der Waals surface area (Å²) in [5, 5.41) is 0. The quantitative estimate of drug-likeness (QED) is 0.413. The lowest BCUT2D eigenvalue weighted by Crippen LogP contribution is -2.72. The fourth-order valence-electron chi connectivity index (χ4n) is 5.24. The van der Waals surface area contributed by atoms with Crippen molar-refractivity contribution >= 4 is 20.3 Å². The van der Waals surface area contributed by atoms with E-state index in [1.807, 2.05) is 20.8 Å². The summed E-state index contributed by atoms with van der Waals surface area (Å²) in [4.78, 5) is 27.2. The van der Waals surface area contributed by atoms with Gasteiger partial charge < -0.3 is 9.16 Å². The number of hydrogen-bond acceptors (Lipinski definition) is 4. The molecule has 0 aromatic heterocycles. The lowest BCUT2D eigenvalue weighted by Gasteiger charge is -2.52. The van der Waals surface area contributed by atoms with E-state index in [-0.39, 0.29) is 23.3 Å². The van der Waals surface area contributed by atoms with E-state index in [4.69, 9.17) is 9.16 Å². The van der Waals surface area contributed by atoms with Gasteiger partial charge in [0.25, 0.3) is 5.91 Å². The van der Waals surface area contributed by atoms with Crippen LogP contribution in [0.3, 0.4) is 0 Å². The summed E-state index contributed by atoms with van der Waals surface area (Å²) in [6.07, 6.45) is -0.0434. The van der Waals surface area contributed by atoms with Crippen LogP contribution in [0.1, 0.15) is 82.6 Å². The van der Waals surface area contributed by atoms with Gasteiger partial charge in [0.1, 0.15) is 11.7 Å². The number of nitrogens with zero attached hydrogens (tertiary/aromatic N) is 1. The summed E-state index contributed by atoms with van der Waals surface area (Å²) in [6.45, 7) is 23.2. The van der Waals surface area contributed by atoms with Gasteiger partial charge in [0.05, 0.1) is 6.04 Å². The van der Waals surface area contributed by atoms with Crippen molar-refractivity contribution in [2.75, 3.05) is 0 Å². The zero-order chi connectivity index (χ0) is 21.8. The third kappa shape index (κ3) is 4.04. The Bertz CT molecular complexity index is 599. The summed E-state index contributed by atoms with van der Waals surface area (Å²) < 4.78 is 12.4. The number of carbonyl (C=O) groups is 2. The smallest absolute Gasteiger partial charge is 0.417 e. The van der Waals surface area contributed by atoms with Crippen molar-refractivity contribution in [3.05, 3.63) is 0 Å². The van der Waals surface area contributed by atoms with Crippen molar-refractivity contribution in [3.8, 4) is 0 Å². The van der Waals surface area contributed by atoms with Crippen LogP contribution in [0.2, 0.25) is 16.6 Å². The highest BCUT2D eigenvalue weighted by Gasteiger charge is 2.66. The second-order valence-corrected chi connectivity index (χ2v) is 16.7. The molecule has 0 unspecified atom stereocenters. The second-order valence-electron chi connectivity index (χ2n) is 11.3. The number of carbonyl (C=O) groups excluding carboxylic acids is 2. The van der Waals surface area contributed by atoms with E-state index in [0.29, 0.717) is 16.6 Å². The van der Waals surface area contributed by atoms with Crippen LogP contribution in [-0.4, -0.2) is 43.0 Å². The molecule has 2 amide bonds. The Morgan fingerprint density at radius 3 is 1.82 bits per heavy atom. The fraction of sp³-hybridized carbons (Fsp3) is 0.909. The van der Waals surface area contributed by atoms with Gasteiger partial charge in [-0.3, -0.25) is 4.79 Å². The molecule has 0 N–H and O–H groups in total. The van der Waals surface area contributed by atoms with E-state index in [1.54, 1.807) is 0 Å². The number of amides is 2. The van der Waals surface area contributed by atoms with Crippen LogP contribution in [0.4, 0.5) is 4.79 Å². The van der Waals surface area contributed by atoms with E-state index in [9.17, 15) is 9.59 Å². The largest absolute Gasteiger partial charge is 0.443 e. The number of imide groups is 1. The summed E-state index contributed by atoms with van der Waals surface area (Å²) in [5.74, 6) is 0.0571. The number of β-lactam (4-membered cyclic amide) rings is 1. The minimum Gasteiger partial charge on any atom is -0.443 e. The van der Waals surface area contributed by atoms with E-state index in [0.717, 1.165) is 6.42 Å². The second kappa shape index (κ2) is 7.42. The van der Waals surface area contributed by atoms with Gasteiger partial charge >= 0.3 is 6.09 Å². The molecule has 5 nitrogen and oxygen atoms in total. The molecule has 1 saturated heterocycles. The standard InChI is InChI=1S/C22H41NO4Si/c1-13(2)28(14(3)4,15(5)6)27-18-17(16-12-22(16,10)11)23(19(18)24)20(25)26-21(7,8)9/h13-18H,12H2,1-11H3/t16-,17+,18-/m1/s1. The molecule has 1 aliphatic carbocycles. The Hall–Kier alpha value is -0.883. The first-order valence-corrected chi connectivity index (χ1v) is 12.9.